The molecule has 0 heterocycles. The topological polar surface area (TPSA) is 106 Å². The van der Waals surface area contributed by atoms with Crippen molar-refractivity contribution in [1.29, 1.82) is 0 Å². The Morgan fingerprint density at radius 2 is 0.977 bits per heavy atom. The molecular formula is C35H22I2N2O4. The summed E-state index contributed by atoms with van der Waals surface area (Å²) in [7, 11) is 0. The number of benzene rings is 6. The molecule has 1 aliphatic carbocycles. The summed E-state index contributed by atoms with van der Waals surface area (Å²) in [6.45, 7) is 0. The lowest BCUT2D eigenvalue weighted by molar-refractivity contribution is 0.403. The number of hydrogen-bond acceptors (Lipinski definition) is 6. The molecule has 43 heavy (non-hydrogen) atoms. The normalized spacial score (nSPS) is 13.7. The Bertz CT molecular complexity index is 2020. The highest BCUT2D eigenvalue weighted by atomic mass is 127. The Labute approximate surface area is 274 Å². The number of para-hydroxylation sites is 2. The van der Waals surface area contributed by atoms with Crippen molar-refractivity contribution < 1.29 is 20.4 Å². The van der Waals surface area contributed by atoms with Crippen molar-refractivity contribution in [2.45, 2.75) is 5.66 Å². The lowest BCUT2D eigenvalue weighted by Gasteiger charge is -2.24. The van der Waals surface area contributed by atoms with Crippen LogP contribution in [-0.4, -0.2) is 32.9 Å². The lowest BCUT2D eigenvalue weighted by Crippen LogP contribution is -2.21. The van der Waals surface area contributed by atoms with Gasteiger partial charge in [0.15, 0.2) is 23.0 Å². The molecule has 6 nitrogen and oxygen atoms in total. The smallest absolute Gasteiger partial charge is 0.202 e. The Hall–Kier alpha value is -4.16. The molecule has 7 rings (SSSR count). The zero-order valence-electron chi connectivity index (χ0n) is 22.3. The first-order valence-electron chi connectivity index (χ1n) is 13.3. The minimum atomic E-state index is -1.32. The van der Waals surface area contributed by atoms with Gasteiger partial charge in [0, 0.05) is 41.8 Å². The molecule has 0 aromatic heterocycles. The summed E-state index contributed by atoms with van der Waals surface area (Å²) in [5.74, 6) is -1.06. The molecule has 0 saturated heterocycles. The Morgan fingerprint density at radius 1 is 0.535 bits per heavy atom. The maximum absolute atomic E-state index is 10.6. The van der Waals surface area contributed by atoms with Crippen LogP contribution in [0.2, 0.25) is 0 Å². The van der Waals surface area contributed by atoms with Gasteiger partial charge >= 0.3 is 0 Å². The first kappa shape index (κ1) is 27.7. The molecule has 0 bridgehead atoms. The average molecular weight is 788 g/mol. The summed E-state index contributed by atoms with van der Waals surface area (Å²) in [6, 6.07) is 30.3. The quantitative estimate of drug-likeness (QED) is 0.0818. The molecule has 210 valence electrons. The average Bonchev–Trinajstić information content (AvgIpc) is 3.28. The van der Waals surface area contributed by atoms with E-state index in [1.807, 2.05) is 12.1 Å². The van der Waals surface area contributed by atoms with Gasteiger partial charge in [-0.2, -0.15) is 0 Å². The molecule has 0 atom stereocenters. The molecule has 0 radical (unpaired) electrons. The predicted octanol–water partition coefficient (Wildman–Crippen LogP) is 8.44. The van der Waals surface area contributed by atoms with E-state index in [1.54, 1.807) is 24.3 Å². The molecule has 0 fully saturated rings. The first-order chi connectivity index (χ1) is 20.8. The third-order valence-electron chi connectivity index (χ3n) is 7.84. The third kappa shape index (κ3) is 4.51. The molecule has 0 aliphatic heterocycles. The van der Waals surface area contributed by atoms with E-state index in [2.05, 4.69) is 93.7 Å². The molecule has 6 aromatic rings. The minimum absolute atomic E-state index is 0.250. The van der Waals surface area contributed by atoms with Gasteiger partial charge in [-0.05, 0) is 126 Å². The van der Waals surface area contributed by atoms with Crippen molar-refractivity contribution in [1.82, 2.24) is 0 Å². The number of phenols is 4. The van der Waals surface area contributed by atoms with Gasteiger partial charge in [-0.3, -0.25) is 9.98 Å². The molecule has 4 N–H and O–H groups in total. The number of aliphatic imine (C=N–C) groups is 2. The number of phenolic OH excluding ortho intramolecular Hbond substituents is 4. The van der Waals surface area contributed by atoms with Gasteiger partial charge in [0.1, 0.15) is 0 Å². The van der Waals surface area contributed by atoms with Crippen LogP contribution in [-0.2, 0) is 5.66 Å². The molecule has 6 aromatic carbocycles. The second-order valence-electron chi connectivity index (χ2n) is 10.3. The second kappa shape index (κ2) is 10.5. The predicted molar refractivity (Wildman–Crippen MR) is 188 cm³/mol. The summed E-state index contributed by atoms with van der Waals surface area (Å²) in [5.41, 5.74) is 3.00. The van der Waals surface area contributed by atoms with Crippen LogP contribution in [0.5, 0.6) is 23.0 Å². The highest BCUT2D eigenvalue weighted by Gasteiger charge is 2.44. The highest BCUT2D eigenvalue weighted by Crippen LogP contribution is 2.55. The number of rotatable bonds is 4. The Kier molecular flexibility index (Phi) is 6.77. The zero-order valence-corrected chi connectivity index (χ0v) is 26.6. The number of hydrogen-bond donors (Lipinski definition) is 4. The fraction of sp³-hybridized carbons (Fsp3) is 0.0286. The molecule has 0 unspecified atom stereocenters. The molecule has 0 spiro atoms. The van der Waals surface area contributed by atoms with Crippen LogP contribution < -0.4 is 0 Å². The van der Waals surface area contributed by atoms with Crippen LogP contribution in [0, 0.1) is 7.14 Å². The third-order valence-corrected chi connectivity index (χ3v) is 9.18. The molecule has 1 aliphatic rings. The molecule has 8 heteroatoms. The second-order valence-corrected chi connectivity index (χ2v) is 12.8. The number of fused-ring (bicyclic) bond motifs is 7. The summed E-state index contributed by atoms with van der Waals surface area (Å²) in [5, 5.41) is 45.8. The van der Waals surface area contributed by atoms with Crippen molar-refractivity contribution in [3.63, 3.8) is 0 Å². The summed E-state index contributed by atoms with van der Waals surface area (Å²) < 4.78 is 2.24. The van der Waals surface area contributed by atoms with Crippen LogP contribution in [0.3, 0.4) is 0 Å². The molecule has 0 amide bonds. The van der Waals surface area contributed by atoms with E-state index in [4.69, 9.17) is 9.98 Å². The standard InChI is InChI=1S/C35H22I2N2O4/c36-23-9-11-25-19(15-23)7-13-27-31(25)32-26-12-10-24(37)16-20(26)8-14-28(32)35(27,38-17-21-3-1-5-29(40)33(21)42)39-18-22-4-2-6-30(41)34(22)43/h1-18,40-43H. The maximum atomic E-state index is 10.6. The van der Waals surface area contributed by atoms with E-state index < -0.39 is 5.66 Å². The van der Waals surface area contributed by atoms with Crippen LogP contribution in [0.1, 0.15) is 22.3 Å². The van der Waals surface area contributed by atoms with E-state index in [1.165, 1.54) is 24.6 Å². The first-order valence-corrected chi connectivity index (χ1v) is 15.5. The van der Waals surface area contributed by atoms with Crippen LogP contribution in [0.4, 0.5) is 0 Å². The van der Waals surface area contributed by atoms with E-state index in [0.29, 0.717) is 11.1 Å². The SMILES string of the molecule is Oc1cccc(C=NC2(N=Cc3cccc(O)c3O)c3ccc4cc(I)ccc4c3-c3c2ccc2cc(I)ccc32)c1O. The van der Waals surface area contributed by atoms with Crippen molar-refractivity contribution in [2.75, 3.05) is 0 Å². The number of nitrogens with zero attached hydrogens (tertiary/aromatic N) is 2. The van der Waals surface area contributed by atoms with E-state index in [9.17, 15) is 20.4 Å². The van der Waals surface area contributed by atoms with Gasteiger partial charge in [-0.15, -0.1) is 0 Å². The molecule has 0 saturated carbocycles. The highest BCUT2D eigenvalue weighted by molar-refractivity contribution is 14.1. The van der Waals surface area contributed by atoms with Crippen LogP contribution in [0.25, 0.3) is 32.7 Å². The minimum Gasteiger partial charge on any atom is -0.504 e. The monoisotopic (exact) mass is 788 g/mol. The fourth-order valence-electron chi connectivity index (χ4n) is 5.81. The summed E-state index contributed by atoms with van der Waals surface area (Å²) in [6.07, 6.45) is 3.04. The van der Waals surface area contributed by atoms with Gasteiger partial charge in [0.05, 0.1) is 0 Å². The largest absolute Gasteiger partial charge is 0.504 e. The van der Waals surface area contributed by atoms with Gasteiger partial charge in [0.25, 0.3) is 0 Å². The van der Waals surface area contributed by atoms with Crippen molar-refractivity contribution in [3.8, 4) is 34.1 Å². The van der Waals surface area contributed by atoms with E-state index in [-0.39, 0.29) is 23.0 Å². The summed E-state index contributed by atoms with van der Waals surface area (Å²) in [4.78, 5) is 10.2. The van der Waals surface area contributed by atoms with Crippen molar-refractivity contribution >= 4 is 79.2 Å². The van der Waals surface area contributed by atoms with Crippen molar-refractivity contribution in [2.24, 2.45) is 9.98 Å². The van der Waals surface area contributed by atoms with Crippen LogP contribution in [0.15, 0.2) is 107 Å². The molecular weight excluding hydrogens is 766 g/mol. The van der Waals surface area contributed by atoms with Crippen molar-refractivity contribution in [3.05, 3.63) is 126 Å². The number of aromatic hydroxyl groups is 4. The van der Waals surface area contributed by atoms with Gasteiger partial charge in [0.2, 0.25) is 5.66 Å². The lowest BCUT2D eigenvalue weighted by atomic mass is 9.94. The number of halogens is 2. The van der Waals surface area contributed by atoms with Gasteiger partial charge in [-0.1, -0.05) is 48.5 Å². The Balaban J connectivity index is 1.60. The summed E-state index contributed by atoms with van der Waals surface area (Å²) >= 11 is 4.63. The fourth-order valence-corrected chi connectivity index (χ4v) is 6.84. The Morgan fingerprint density at radius 3 is 1.42 bits per heavy atom. The zero-order chi connectivity index (χ0) is 29.9. The van der Waals surface area contributed by atoms with E-state index >= 15 is 0 Å². The maximum Gasteiger partial charge on any atom is 0.202 e. The van der Waals surface area contributed by atoms with E-state index in [0.717, 1.165) is 50.9 Å². The van der Waals surface area contributed by atoms with Crippen LogP contribution >= 0.6 is 45.2 Å². The van der Waals surface area contributed by atoms with Gasteiger partial charge in [-0.25, -0.2) is 0 Å². The van der Waals surface area contributed by atoms with Gasteiger partial charge < -0.3 is 20.4 Å².